The van der Waals surface area contributed by atoms with Gasteiger partial charge in [-0.15, -0.1) is 0 Å². The molecule has 2 aliphatic rings. The van der Waals surface area contributed by atoms with Gasteiger partial charge in [0.05, 0.1) is 11.7 Å². The zero-order valence-corrected chi connectivity index (χ0v) is 18.3. The van der Waals surface area contributed by atoms with Crippen molar-refractivity contribution in [1.82, 2.24) is 19.8 Å². The van der Waals surface area contributed by atoms with Gasteiger partial charge in [0.15, 0.2) is 5.76 Å². The first-order chi connectivity index (χ1) is 14.9. The molecule has 0 aliphatic carbocycles. The van der Waals surface area contributed by atoms with E-state index in [-0.39, 0.29) is 17.5 Å². The Hall–Kier alpha value is -2.93. The molecular formula is C24H28N4O3. The Morgan fingerprint density at radius 3 is 2.84 bits per heavy atom. The molecule has 0 bridgehead atoms. The van der Waals surface area contributed by atoms with Crippen molar-refractivity contribution in [2.24, 2.45) is 0 Å². The van der Waals surface area contributed by atoms with Gasteiger partial charge in [-0.05, 0) is 46.1 Å². The number of carbonyl (C=O) groups excluding carboxylic acids is 1. The number of rotatable bonds is 3. The van der Waals surface area contributed by atoms with Crippen LogP contribution in [0.5, 0.6) is 0 Å². The van der Waals surface area contributed by atoms with E-state index in [1.165, 1.54) is 0 Å². The average Bonchev–Trinajstić information content (AvgIpc) is 3.38. The maximum Gasteiger partial charge on any atom is 0.290 e. The lowest BCUT2D eigenvalue weighted by Crippen LogP contribution is -2.40. The van der Waals surface area contributed by atoms with Crippen molar-refractivity contribution in [3.05, 3.63) is 63.0 Å². The Kier molecular flexibility index (Phi) is 4.93. The van der Waals surface area contributed by atoms with Crippen LogP contribution >= 0.6 is 0 Å². The van der Waals surface area contributed by atoms with Crippen LogP contribution in [0.1, 0.15) is 65.9 Å². The van der Waals surface area contributed by atoms with Crippen molar-refractivity contribution in [3.8, 4) is 0 Å². The van der Waals surface area contributed by atoms with Gasteiger partial charge in [-0.25, -0.2) is 4.98 Å². The highest BCUT2D eigenvalue weighted by Gasteiger charge is 2.36. The van der Waals surface area contributed by atoms with E-state index in [0.717, 1.165) is 41.6 Å². The molecule has 1 N–H and O–H groups in total. The van der Waals surface area contributed by atoms with Crippen molar-refractivity contribution in [2.75, 3.05) is 13.1 Å². The van der Waals surface area contributed by atoms with E-state index in [1.807, 2.05) is 31.2 Å². The van der Waals surface area contributed by atoms with E-state index in [2.05, 4.69) is 23.7 Å². The summed E-state index contributed by atoms with van der Waals surface area (Å²) in [4.78, 5) is 38.2. The molecule has 1 amide bonds. The minimum Gasteiger partial charge on any atom is -0.451 e. The average molecular weight is 421 g/mol. The number of fused-ring (bicyclic) bond motifs is 2. The summed E-state index contributed by atoms with van der Waals surface area (Å²) in [5.41, 5.74) is 3.13. The summed E-state index contributed by atoms with van der Waals surface area (Å²) < 4.78 is 5.92. The summed E-state index contributed by atoms with van der Waals surface area (Å²) in [5, 5.41) is 0.954. The van der Waals surface area contributed by atoms with Crippen molar-refractivity contribution in [3.63, 3.8) is 0 Å². The van der Waals surface area contributed by atoms with Crippen molar-refractivity contribution in [2.45, 2.75) is 58.7 Å². The lowest BCUT2D eigenvalue weighted by molar-refractivity contribution is 0.0698. The van der Waals surface area contributed by atoms with Crippen molar-refractivity contribution < 1.29 is 9.21 Å². The number of aromatic amines is 1. The minimum atomic E-state index is -0.243. The molecule has 0 radical (unpaired) electrons. The van der Waals surface area contributed by atoms with Crippen LogP contribution in [0.4, 0.5) is 0 Å². The number of nitrogens with one attached hydrogen (secondary N) is 1. The molecule has 1 atom stereocenters. The van der Waals surface area contributed by atoms with Crippen LogP contribution in [0, 0.1) is 6.92 Å². The van der Waals surface area contributed by atoms with Crippen molar-refractivity contribution in [1.29, 1.82) is 0 Å². The van der Waals surface area contributed by atoms with Gasteiger partial charge >= 0.3 is 0 Å². The van der Waals surface area contributed by atoms with E-state index < -0.39 is 0 Å². The Labute approximate surface area is 181 Å². The molecule has 2 aliphatic heterocycles. The second-order valence-electron chi connectivity index (χ2n) is 8.90. The highest BCUT2D eigenvalue weighted by molar-refractivity contribution is 5.99. The van der Waals surface area contributed by atoms with E-state index in [1.54, 1.807) is 4.90 Å². The molecule has 162 valence electrons. The lowest BCUT2D eigenvalue weighted by Gasteiger charge is -2.31. The number of nitrogens with zero attached hydrogens (tertiary/aromatic N) is 3. The monoisotopic (exact) mass is 420 g/mol. The molecule has 1 fully saturated rings. The minimum absolute atomic E-state index is 0.0670. The van der Waals surface area contributed by atoms with Gasteiger partial charge in [-0.1, -0.05) is 18.2 Å². The first kappa shape index (κ1) is 20.0. The summed E-state index contributed by atoms with van der Waals surface area (Å²) in [7, 11) is 0. The highest BCUT2D eigenvalue weighted by atomic mass is 16.3. The van der Waals surface area contributed by atoms with E-state index in [0.29, 0.717) is 42.7 Å². The molecule has 0 spiro atoms. The molecule has 0 saturated carbocycles. The SMILES string of the molecule is Cc1c(C(=O)N2CCCC2c2nc3c(c(=O)[nH]2)CCN(C(C)C)C3)oc2ccccc12. The summed E-state index contributed by atoms with van der Waals surface area (Å²) >= 11 is 0. The zero-order chi connectivity index (χ0) is 21.7. The molecule has 31 heavy (non-hydrogen) atoms. The Morgan fingerprint density at radius 1 is 1.26 bits per heavy atom. The number of hydrogen-bond donors (Lipinski definition) is 1. The van der Waals surface area contributed by atoms with Gasteiger partial charge in [0.1, 0.15) is 11.4 Å². The van der Waals surface area contributed by atoms with Gasteiger partial charge < -0.3 is 14.3 Å². The third-order valence-corrected chi connectivity index (χ3v) is 6.72. The van der Waals surface area contributed by atoms with Gasteiger partial charge in [0, 0.05) is 42.2 Å². The molecule has 1 unspecified atom stereocenters. The van der Waals surface area contributed by atoms with Crippen molar-refractivity contribution >= 4 is 16.9 Å². The van der Waals surface area contributed by atoms with Crippen LogP contribution in [0.2, 0.25) is 0 Å². The molecule has 7 nitrogen and oxygen atoms in total. The molecule has 1 saturated heterocycles. The fourth-order valence-corrected chi connectivity index (χ4v) is 4.88. The van der Waals surface area contributed by atoms with Gasteiger partial charge in [0.25, 0.3) is 11.5 Å². The largest absolute Gasteiger partial charge is 0.451 e. The number of likely N-dealkylation sites (tertiary alicyclic amines) is 1. The predicted octanol–water partition coefficient (Wildman–Crippen LogP) is 3.57. The number of aryl methyl sites for hydroxylation is 1. The Balaban J connectivity index is 1.49. The van der Waals surface area contributed by atoms with Crippen LogP contribution in [0.3, 0.4) is 0 Å². The first-order valence-corrected chi connectivity index (χ1v) is 11.1. The molecule has 1 aromatic carbocycles. The molecule has 3 aromatic rings. The molecular weight excluding hydrogens is 392 g/mol. The summed E-state index contributed by atoms with van der Waals surface area (Å²) in [5.74, 6) is 0.828. The molecule has 5 rings (SSSR count). The number of amides is 1. The smallest absolute Gasteiger partial charge is 0.290 e. The summed E-state index contributed by atoms with van der Waals surface area (Å²) in [6, 6.07) is 7.85. The topological polar surface area (TPSA) is 82.4 Å². The third-order valence-electron chi connectivity index (χ3n) is 6.72. The maximum atomic E-state index is 13.4. The Bertz CT molecular complexity index is 1210. The highest BCUT2D eigenvalue weighted by Crippen LogP contribution is 2.34. The Morgan fingerprint density at radius 2 is 2.06 bits per heavy atom. The molecule has 2 aromatic heterocycles. The molecule has 4 heterocycles. The fourth-order valence-electron chi connectivity index (χ4n) is 4.88. The van der Waals surface area contributed by atoms with Gasteiger partial charge in [-0.2, -0.15) is 0 Å². The number of H-pyrrole nitrogens is 1. The maximum absolute atomic E-state index is 13.4. The number of para-hydroxylation sites is 1. The van der Waals surface area contributed by atoms with E-state index in [9.17, 15) is 9.59 Å². The van der Waals surface area contributed by atoms with Crippen LogP contribution in [0.15, 0.2) is 33.5 Å². The second-order valence-corrected chi connectivity index (χ2v) is 8.90. The number of carbonyl (C=O) groups is 1. The number of furan rings is 1. The zero-order valence-electron chi connectivity index (χ0n) is 18.3. The summed E-state index contributed by atoms with van der Waals surface area (Å²) in [6.45, 7) is 8.40. The van der Waals surface area contributed by atoms with Gasteiger partial charge in [-0.3, -0.25) is 14.5 Å². The summed E-state index contributed by atoms with van der Waals surface area (Å²) in [6.07, 6.45) is 2.36. The predicted molar refractivity (Wildman–Crippen MR) is 118 cm³/mol. The first-order valence-electron chi connectivity index (χ1n) is 11.1. The van der Waals surface area contributed by atoms with Crippen LogP contribution in [-0.4, -0.2) is 44.8 Å². The van der Waals surface area contributed by atoms with Crippen LogP contribution in [0.25, 0.3) is 11.0 Å². The standard InChI is InChI=1S/C24H28N4O3/c1-14(2)27-12-10-17-18(13-27)25-22(26-23(17)29)19-8-6-11-28(19)24(30)21-15(3)16-7-4-5-9-20(16)31-21/h4-5,7,9,14,19H,6,8,10-13H2,1-3H3,(H,25,26,29). The second kappa shape index (κ2) is 7.64. The fraction of sp³-hybridized carbons (Fsp3) is 0.458. The van der Waals surface area contributed by atoms with Crippen LogP contribution < -0.4 is 5.56 Å². The number of hydrogen-bond acceptors (Lipinski definition) is 5. The van der Waals surface area contributed by atoms with Gasteiger partial charge in [0.2, 0.25) is 0 Å². The van der Waals surface area contributed by atoms with Crippen LogP contribution in [-0.2, 0) is 13.0 Å². The number of benzene rings is 1. The van der Waals surface area contributed by atoms with E-state index in [4.69, 9.17) is 9.40 Å². The van der Waals surface area contributed by atoms with E-state index >= 15 is 0 Å². The quantitative estimate of drug-likeness (QED) is 0.700. The lowest BCUT2D eigenvalue weighted by atomic mass is 10.0. The third kappa shape index (κ3) is 3.37. The normalized spacial score (nSPS) is 19.4. The number of aromatic nitrogens is 2. The molecule has 7 heteroatoms.